The summed E-state index contributed by atoms with van der Waals surface area (Å²) in [5.41, 5.74) is 0.0152. The SMILES string of the molecule is CC(C)(C)OC(=O)N1CCC(COc2cc(F)c(CNc3nc4nc(O[C@@H]5CO[C@H]6[C@@H]5OC[C@H]6O)[nH]c4cc3Cl)c(F)c2)CC1. The molecular weight excluding hydrogens is 616 g/mol. The van der Waals surface area contributed by atoms with Crippen molar-refractivity contribution in [2.24, 2.45) is 5.92 Å². The average molecular weight is 652 g/mol. The fourth-order valence-electron chi connectivity index (χ4n) is 5.59. The first-order valence-electron chi connectivity index (χ1n) is 14.9. The summed E-state index contributed by atoms with van der Waals surface area (Å²) in [5, 5.41) is 13.0. The molecule has 3 aromatic rings. The van der Waals surface area contributed by atoms with Crippen molar-refractivity contribution in [1.82, 2.24) is 19.9 Å². The summed E-state index contributed by atoms with van der Waals surface area (Å²) in [7, 11) is 0. The fraction of sp³-hybridized carbons (Fsp3) is 0.567. The molecule has 244 valence electrons. The van der Waals surface area contributed by atoms with Crippen LogP contribution in [-0.2, 0) is 20.8 Å². The van der Waals surface area contributed by atoms with Crippen molar-refractivity contribution in [2.75, 3.05) is 38.2 Å². The van der Waals surface area contributed by atoms with Crippen LogP contribution >= 0.6 is 11.6 Å². The molecule has 2 aromatic heterocycles. The van der Waals surface area contributed by atoms with Crippen molar-refractivity contribution in [3.05, 3.63) is 40.4 Å². The van der Waals surface area contributed by atoms with E-state index in [-0.39, 0.29) is 72.2 Å². The number of nitrogens with one attached hydrogen (secondary N) is 2. The number of aliphatic hydroxyl groups excluding tert-OH is 1. The first-order chi connectivity index (χ1) is 21.4. The number of nitrogens with zero attached hydrogens (tertiary/aromatic N) is 3. The Morgan fingerprint density at radius 1 is 1.13 bits per heavy atom. The Kier molecular flexibility index (Phi) is 8.92. The van der Waals surface area contributed by atoms with Gasteiger partial charge in [0.1, 0.15) is 47.1 Å². The minimum atomic E-state index is -0.777. The summed E-state index contributed by atoms with van der Waals surface area (Å²) >= 11 is 6.39. The van der Waals surface area contributed by atoms with Gasteiger partial charge in [0, 0.05) is 37.3 Å². The number of likely N-dealkylation sites (tertiary alicyclic amines) is 1. The quantitative estimate of drug-likeness (QED) is 0.320. The third-order valence-electron chi connectivity index (χ3n) is 7.95. The zero-order valence-corrected chi connectivity index (χ0v) is 25.9. The molecule has 0 radical (unpaired) electrons. The number of carbonyl (C=O) groups excluding carboxylic acids is 1. The summed E-state index contributed by atoms with van der Waals surface area (Å²) < 4.78 is 58.2. The number of carbonyl (C=O) groups is 1. The van der Waals surface area contributed by atoms with E-state index in [4.69, 9.17) is 35.3 Å². The number of benzene rings is 1. The van der Waals surface area contributed by atoms with Crippen molar-refractivity contribution >= 4 is 34.7 Å². The van der Waals surface area contributed by atoms with Gasteiger partial charge in [-0.05, 0) is 45.6 Å². The number of anilines is 1. The fourth-order valence-corrected chi connectivity index (χ4v) is 5.81. The molecule has 6 rings (SSSR count). The summed E-state index contributed by atoms with van der Waals surface area (Å²) in [4.78, 5) is 25.7. The van der Waals surface area contributed by atoms with Crippen molar-refractivity contribution in [1.29, 1.82) is 0 Å². The van der Waals surface area contributed by atoms with Gasteiger partial charge in [-0.1, -0.05) is 11.6 Å². The lowest BCUT2D eigenvalue weighted by Gasteiger charge is -2.33. The predicted octanol–water partition coefficient (Wildman–Crippen LogP) is 4.43. The second-order valence-electron chi connectivity index (χ2n) is 12.5. The molecule has 0 unspecified atom stereocenters. The molecule has 1 amide bonds. The van der Waals surface area contributed by atoms with Crippen LogP contribution in [-0.4, -0.2) is 94.0 Å². The van der Waals surface area contributed by atoms with Crippen LogP contribution in [0.4, 0.5) is 19.4 Å². The van der Waals surface area contributed by atoms with E-state index < -0.39 is 41.7 Å². The number of halogens is 3. The summed E-state index contributed by atoms with van der Waals surface area (Å²) in [5.74, 6) is -1.14. The number of piperidine rings is 1. The number of hydrogen-bond acceptors (Lipinski definition) is 10. The van der Waals surface area contributed by atoms with Crippen LogP contribution in [0.25, 0.3) is 11.2 Å². The molecule has 1 aromatic carbocycles. The number of aliphatic hydroxyl groups is 1. The Hall–Kier alpha value is -3.46. The van der Waals surface area contributed by atoms with Crippen molar-refractivity contribution < 1.29 is 42.4 Å². The molecule has 3 aliphatic rings. The maximum Gasteiger partial charge on any atom is 0.410 e. The van der Waals surface area contributed by atoms with Crippen molar-refractivity contribution in [3.8, 4) is 11.8 Å². The summed E-state index contributed by atoms with van der Waals surface area (Å²) in [6, 6.07) is 4.05. The van der Waals surface area contributed by atoms with Crippen LogP contribution < -0.4 is 14.8 Å². The molecule has 0 saturated carbocycles. The standard InChI is InChI=1S/C30H36ClF2N5O7/c1-30(2,3)45-29(40)38-6-4-15(5-7-38)12-41-16-8-19(32)17(20(33)9-16)11-34-26-18(31)10-21-27(36-26)37-28(35-21)44-23-14-43-24-22(39)13-42-25(23)24/h8-10,15,22-25,39H,4-7,11-14H2,1-3H3,(H2,34,35,36,37)/t22-,23-,24-,25-/m1/s1. The van der Waals surface area contributed by atoms with Gasteiger partial charge in [-0.15, -0.1) is 0 Å². The summed E-state index contributed by atoms with van der Waals surface area (Å²) in [6.07, 6.45) is -0.966. The molecule has 4 atom stereocenters. The summed E-state index contributed by atoms with van der Waals surface area (Å²) in [6.45, 7) is 6.99. The van der Waals surface area contributed by atoms with E-state index in [0.717, 1.165) is 12.1 Å². The normalized spacial score (nSPS) is 23.8. The molecule has 3 fully saturated rings. The minimum Gasteiger partial charge on any atom is -0.493 e. The van der Waals surface area contributed by atoms with E-state index in [2.05, 4.69) is 20.3 Å². The first kappa shape index (κ1) is 31.5. The van der Waals surface area contributed by atoms with Gasteiger partial charge in [0.2, 0.25) is 0 Å². The number of amides is 1. The minimum absolute atomic E-state index is 0.0847. The number of H-pyrrole nitrogens is 1. The number of rotatable bonds is 8. The number of aromatic nitrogens is 3. The van der Waals surface area contributed by atoms with Crippen molar-refractivity contribution in [2.45, 2.75) is 70.2 Å². The first-order valence-corrected chi connectivity index (χ1v) is 15.3. The topological polar surface area (TPSA) is 140 Å². The van der Waals surface area contributed by atoms with Gasteiger partial charge >= 0.3 is 6.09 Å². The number of aromatic amines is 1. The molecular formula is C30H36ClF2N5O7. The molecule has 0 spiro atoms. The second kappa shape index (κ2) is 12.7. The van der Waals surface area contributed by atoms with Crippen LogP contribution in [0, 0.1) is 17.6 Å². The number of pyridine rings is 1. The van der Waals surface area contributed by atoms with Gasteiger partial charge in [0.25, 0.3) is 6.01 Å². The lowest BCUT2D eigenvalue weighted by molar-refractivity contribution is 0.00705. The molecule has 45 heavy (non-hydrogen) atoms. The molecule has 3 N–H and O–H groups in total. The van der Waals surface area contributed by atoms with Crippen molar-refractivity contribution in [3.63, 3.8) is 0 Å². The van der Waals surface area contributed by atoms with E-state index in [0.29, 0.717) is 31.4 Å². The Morgan fingerprint density at radius 2 is 1.84 bits per heavy atom. The Labute approximate surface area is 263 Å². The van der Waals surface area contributed by atoms with Crippen LogP contribution in [0.5, 0.6) is 11.8 Å². The number of imidazole rings is 1. The molecule has 5 heterocycles. The third-order valence-corrected chi connectivity index (χ3v) is 8.24. The maximum atomic E-state index is 15.0. The Morgan fingerprint density at radius 3 is 2.56 bits per heavy atom. The molecule has 12 nitrogen and oxygen atoms in total. The number of hydrogen-bond donors (Lipinski definition) is 3. The largest absolute Gasteiger partial charge is 0.493 e. The lowest BCUT2D eigenvalue weighted by atomic mass is 9.98. The third kappa shape index (κ3) is 7.19. The van der Waals surface area contributed by atoms with E-state index in [1.54, 1.807) is 11.0 Å². The number of fused-ring (bicyclic) bond motifs is 2. The molecule has 3 saturated heterocycles. The van der Waals surface area contributed by atoms with Gasteiger partial charge in [0.15, 0.2) is 11.8 Å². The van der Waals surface area contributed by atoms with Gasteiger partial charge < -0.3 is 44.0 Å². The molecule has 0 bridgehead atoms. The maximum absolute atomic E-state index is 15.0. The highest BCUT2D eigenvalue weighted by Gasteiger charge is 2.48. The van der Waals surface area contributed by atoms with Crippen LogP contribution in [0.15, 0.2) is 18.2 Å². The van der Waals surface area contributed by atoms with E-state index in [1.807, 2.05) is 20.8 Å². The second-order valence-corrected chi connectivity index (χ2v) is 12.9. The van der Waals surface area contributed by atoms with Crippen LogP contribution in [0.1, 0.15) is 39.2 Å². The number of ether oxygens (including phenoxy) is 5. The Balaban J connectivity index is 1.02. The molecule has 3 aliphatic heterocycles. The van der Waals surface area contributed by atoms with Gasteiger partial charge in [-0.25, -0.2) is 18.6 Å². The Bertz CT molecular complexity index is 1520. The highest BCUT2D eigenvalue weighted by molar-refractivity contribution is 6.33. The van der Waals surface area contributed by atoms with Gasteiger partial charge in [0.05, 0.1) is 30.4 Å². The van der Waals surface area contributed by atoms with E-state index >= 15 is 0 Å². The van der Waals surface area contributed by atoms with Crippen LogP contribution in [0.3, 0.4) is 0 Å². The zero-order valence-electron chi connectivity index (χ0n) is 25.1. The highest BCUT2D eigenvalue weighted by Crippen LogP contribution is 2.31. The van der Waals surface area contributed by atoms with Crippen LogP contribution in [0.2, 0.25) is 5.02 Å². The zero-order chi connectivity index (χ0) is 31.9. The average Bonchev–Trinajstić information content (AvgIpc) is 3.67. The predicted molar refractivity (Wildman–Crippen MR) is 159 cm³/mol. The smallest absolute Gasteiger partial charge is 0.410 e. The lowest BCUT2D eigenvalue weighted by Crippen LogP contribution is -2.42. The van der Waals surface area contributed by atoms with Gasteiger partial charge in [-0.2, -0.15) is 4.98 Å². The van der Waals surface area contributed by atoms with E-state index in [1.165, 1.54) is 0 Å². The molecule has 0 aliphatic carbocycles. The highest BCUT2D eigenvalue weighted by atomic mass is 35.5. The monoisotopic (exact) mass is 651 g/mol. The van der Waals surface area contributed by atoms with E-state index in [9.17, 15) is 18.7 Å². The van der Waals surface area contributed by atoms with Gasteiger partial charge in [-0.3, -0.25) is 0 Å². The molecule has 15 heteroatoms.